The second kappa shape index (κ2) is 3.90. The van der Waals surface area contributed by atoms with Gasteiger partial charge in [-0.3, -0.25) is 0 Å². The van der Waals surface area contributed by atoms with Crippen LogP contribution in [-0.4, -0.2) is 29.7 Å². The lowest BCUT2D eigenvalue weighted by molar-refractivity contribution is -0.131. The number of hydrogen-bond donors (Lipinski definition) is 1. The molecule has 4 aliphatic carbocycles. The van der Waals surface area contributed by atoms with E-state index in [4.69, 9.17) is 0 Å². The molecule has 0 aromatic rings. The fourth-order valence-corrected chi connectivity index (χ4v) is 5.58. The van der Waals surface area contributed by atoms with Crippen LogP contribution in [-0.2, 0) is 10.1 Å². The summed E-state index contributed by atoms with van der Waals surface area (Å²) in [6, 6.07) is 0. The van der Waals surface area contributed by atoms with Crippen molar-refractivity contribution in [2.24, 2.45) is 23.2 Å². The lowest BCUT2D eigenvalue weighted by atomic mass is 9.48. The van der Waals surface area contributed by atoms with Crippen LogP contribution in [0.1, 0.15) is 38.5 Å². The molecule has 104 valence electrons. The summed E-state index contributed by atoms with van der Waals surface area (Å²) in [4.78, 5) is 0. The average molecular weight is 277 g/mol. The summed E-state index contributed by atoms with van der Waals surface area (Å²) in [6.07, 6.45) is 3.74. The minimum Gasteiger partial charge on any atom is -0.746 e. The van der Waals surface area contributed by atoms with Gasteiger partial charge in [0, 0.05) is 5.41 Å². The molecule has 4 rings (SSSR count). The van der Waals surface area contributed by atoms with Gasteiger partial charge in [0.25, 0.3) is 0 Å². The minimum atomic E-state index is -5.06. The van der Waals surface area contributed by atoms with Gasteiger partial charge in [-0.2, -0.15) is 0 Å². The Hall–Kier alpha value is -0.200. The van der Waals surface area contributed by atoms with E-state index in [1.54, 1.807) is 0 Å². The molecule has 6 heteroatoms. The summed E-state index contributed by atoms with van der Waals surface area (Å²) < 4.78 is 46.0. The van der Waals surface area contributed by atoms with Crippen LogP contribution < -0.4 is 0 Å². The van der Waals surface area contributed by atoms with Gasteiger partial charge in [-0.15, -0.1) is 0 Å². The van der Waals surface area contributed by atoms with Gasteiger partial charge in [-0.1, -0.05) is 0 Å². The number of rotatable bonds is 3. The van der Waals surface area contributed by atoms with E-state index in [2.05, 4.69) is 0 Å². The Morgan fingerprint density at radius 2 is 1.50 bits per heavy atom. The quantitative estimate of drug-likeness (QED) is 0.791. The van der Waals surface area contributed by atoms with E-state index in [1.807, 2.05) is 0 Å². The highest BCUT2D eigenvalue weighted by molar-refractivity contribution is 7.86. The SMILES string of the molecule is O=S(=O)([O-])C(F)C(O)C12CC3CC(CC(C3)C1)C2. The summed E-state index contributed by atoms with van der Waals surface area (Å²) in [5.74, 6) is 1.44. The van der Waals surface area contributed by atoms with Gasteiger partial charge in [-0.25, -0.2) is 12.8 Å². The van der Waals surface area contributed by atoms with Crippen molar-refractivity contribution in [3.8, 4) is 0 Å². The van der Waals surface area contributed by atoms with Crippen LogP contribution >= 0.6 is 0 Å². The zero-order valence-electron chi connectivity index (χ0n) is 10.1. The summed E-state index contributed by atoms with van der Waals surface area (Å²) in [5.41, 5.74) is -3.33. The second-order valence-electron chi connectivity index (χ2n) is 6.57. The molecular formula is C12H18FO4S-. The third kappa shape index (κ3) is 1.89. The van der Waals surface area contributed by atoms with Gasteiger partial charge >= 0.3 is 0 Å². The molecule has 0 heterocycles. The lowest BCUT2D eigenvalue weighted by Crippen LogP contribution is -2.55. The molecular weight excluding hydrogens is 259 g/mol. The van der Waals surface area contributed by atoms with Crippen molar-refractivity contribution in [3.63, 3.8) is 0 Å². The van der Waals surface area contributed by atoms with Crippen molar-refractivity contribution in [1.82, 2.24) is 0 Å². The number of halogens is 1. The molecule has 0 radical (unpaired) electrons. The number of aliphatic hydroxyl groups excluding tert-OH is 1. The van der Waals surface area contributed by atoms with Crippen LogP contribution in [0.25, 0.3) is 0 Å². The molecule has 0 aliphatic heterocycles. The zero-order valence-corrected chi connectivity index (χ0v) is 10.9. The first-order valence-electron chi connectivity index (χ1n) is 6.57. The van der Waals surface area contributed by atoms with E-state index in [-0.39, 0.29) is 0 Å². The highest BCUT2D eigenvalue weighted by atomic mass is 32.2. The predicted octanol–water partition coefficient (Wildman–Crippen LogP) is 1.40. The van der Waals surface area contributed by atoms with Crippen LogP contribution in [0.15, 0.2) is 0 Å². The van der Waals surface area contributed by atoms with E-state index in [9.17, 15) is 22.5 Å². The summed E-state index contributed by atoms with van der Waals surface area (Å²) in [5, 5.41) is 10.1. The standard InChI is InChI=1S/C12H19FO4S/c13-11(18(15,16)17)10(14)12-4-7-1-8(5-12)3-9(2-7)6-12/h7-11,14H,1-6H2,(H,15,16,17)/p-1. The molecule has 0 aromatic carbocycles. The molecule has 0 amide bonds. The molecule has 1 N–H and O–H groups in total. The fraction of sp³-hybridized carbons (Fsp3) is 1.00. The number of alkyl halides is 1. The van der Waals surface area contributed by atoms with Crippen molar-refractivity contribution in [1.29, 1.82) is 0 Å². The fourth-order valence-electron chi connectivity index (χ4n) is 4.98. The molecule has 2 unspecified atom stereocenters. The van der Waals surface area contributed by atoms with E-state index < -0.39 is 27.1 Å². The Morgan fingerprint density at radius 3 is 1.83 bits per heavy atom. The van der Waals surface area contributed by atoms with Crippen molar-refractivity contribution in [2.75, 3.05) is 0 Å². The number of hydrogen-bond acceptors (Lipinski definition) is 4. The molecule has 2 atom stereocenters. The Labute approximate surface area is 106 Å². The zero-order chi connectivity index (χ0) is 13.1. The van der Waals surface area contributed by atoms with Gasteiger partial charge in [0.2, 0.25) is 5.50 Å². The Balaban J connectivity index is 1.87. The van der Waals surface area contributed by atoms with E-state index in [0.717, 1.165) is 19.3 Å². The molecule has 0 aromatic heterocycles. The Bertz CT molecular complexity index is 412. The van der Waals surface area contributed by atoms with Gasteiger partial charge < -0.3 is 9.66 Å². The van der Waals surface area contributed by atoms with E-state index in [1.165, 1.54) is 0 Å². The van der Waals surface area contributed by atoms with Gasteiger partial charge in [-0.05, 0) is 56.3 Å². The van der Waals surface area contributed by atoms with Crippen LogP contribution in [0.2, 0.25) is 0 Å². The molecule has 0 spiro atoms. The Morgan fingerprint density at radius 1 is 1.11 bits per heavy atom. The van der Waals surface area contributed by atoms with Crippen molar-refractivity contribution >= 4 is 10.1 Å². The Kier molecular flexibility index (Phi) is 2.78. The molecule has 18 heavy (non-hydrogen) atoms. The second-order valence-corrected chi connectivity index (χ2v) is 8.00. The summed E-state index contributed by atoms with van der Waals surface area (Å²) in [7, 11) is -5.06. The average Bonchev–Trinajstić information content (AvgIpc) is 2.23. The molecule has 4 nitrogen and oxygen atoms in total. The maximum Gasteiger partial charge on any atom is 0.215 e. The largest absolute Gasteiger partial charge is 0.746 e. The highest BCUT2D eigenvalue weighted by Crippen LogP contribution is 2.61. The molecule has 0 saturated heterocycles. The molecule has 4 bridgehead atoms. The van der Waals surface area contributed by atoms with Crippen molar-refractivity contribution in [3.05, 3.63) is 0 Å². The first kappa shape index (κ1) is 12.8. The van der Waals surface area contributed by atoms with Gasteiger partial charge in [0.1, 0.15) is 16.2 Å². The van der Waals surface area contributed by atoms with Crippen LogP contribution in [0.4, 0.5) is 4.39 Å². The summed E-state index contributed by atoms with van der Waals surface area (Å²) in [6.45, 7) is 0. The maximum atomic E-state index is 13.7. The monoisotopic (exact) mass is 277 g/mol. The smallest absolute Gasteiger partial charge is 0.215 e. The molecule has 4 aliphatic rings. The lowest BCUT2D eigenvalue weighted by Gasteiger charge is -2.58. The molecule has 4 fully saturated rings. The highest BCUT2D eigenvalue weighted by Gasteiger charge is 2.56. The van der Waals surface area contributed by atoms with Gasteiger partial charge in [0.05, 0.1) is 0 Å². The third-order valence-corrected chi connectivity index (χ3v) is 6.05. The first-order chi connectivity index (χ1) is 8.30. The third-order valence-electron chi connectivity index (χ3n) is 5.24. The predicted molar refractivity (Wildman–Crippen MR) is 61.2 cm³/mol. The van der Waals surface area contributed by atoms with E-state index >= 15 is 0 Å². The van der Waals surface area contributed by atoms with E-state index in [0.29, 0.717) is 37.0 Å². The maximum absolute atomic E-state index is 13.7. The van der Waals surface area contributed by atoms with Gasteiger partial charge in [0.15, 0.2) is 0 Å². The van der Waals surface area contributed by atoms with Crippen LogP contribution in [0, 0.1) is 23.2 Å². The van der Waals surface area contributed by atoms with Crippen molar-refractivity contribution < 1.29 is 22.5 Å². The number of aliphatic hydroxyl groups is 1. The summed E-state index contributed by atoms with van der Waals surface area (Å²) >= 11 is 0. The topological polar surface area (TPSA) is 77.4 Å². The normalized spacial score (nSPS) is 46.1. The molecule has 4 saturated carbocycles. The minimum absolute atomic E-state index is 0.479. The first-order valence-corrected chi connectivity index (χ1v) is 8.04. The van der Waals surface area contributed by atoms with Crippen LogP contribution in [0.3, 0.4) is 0 Å². The van der Waals surface area contributed by atoms with Crippen molar-refractivity contribution in [2.45, 2.75) is 50.1 Å². The van der Waals surface area contributed by atoms with Crippen LogP contribution in [0.5, 0.6) is 0 Å².